The van der Waals surface area contributed by atoms with Gasteiger partial charge in [0.2, 0.25) is 0 Å². The summed E-state index contributed by atoms with van der Waals surface area (Å²) in [6.45, 7) is 1.03. The summed E-state index contributed by atoms with van der Waals surface area (Å²) < 4.78 is 54.9. The first-order valence-electron chi connectivity index (χ1n) is 8.11. The highest BCUT2D eigenvalue weighted by atomic mass is 19.3. The number of piperidine rings is 1. The van der Waals surface area contributed by atoms with Crippen molar-refractivity contribution in [3.05, 3.63) is 17.6 Å². The monoisotopic (exact) mass is 329 g/mol. The van der Waals surface area contributed by atoms with E-state index < -0.39 is 17.4 Å². The lowest BCUT2D eigenvalue weighted by Gasteiger charge is -2.40. The summed E-state index contributed by atoms with van der Waals surface area (Å²) in [4.78, 5) is 10.3. The van der Waals surface area contributed by atoms with Gasteiger partial charge in [-0.25, -0.2) is 18.7 Å². The zero-order valence-corrected chi connectivity index (χ0v) is 13.0. The van der Waals surface area contributed by atoms with Crippen molar-refractivity contribution in [2.24, 2.45) is 0 Å². The molecule has 0 aromatic carbocycles. The number of hydrogen-bond acceptors (Lipinski definition) is 3. The molecule has 0 unspecified atom stereocenters. The van der Waals surface area contributed by atoms with Gasteiger partial charge in [-0.2, -0.15) is 8.78 Å². The fourth-order valence-electron chi connectivity index (χ4n) is 3.63. The molecule has 23 heavy (non-hydrogen) atoms. The van der Waals surface area contributed by atoms with E-state index in [1.807, 2.05) is 4.90 Å². The first-order valence-corrected chi connectivity index (χ1v) is 8.11. The molecule has 3 nitrogen and oxygen atoms in total. The van der Waals surface area contributed by atoms with Crippen LogP contribution in [0.15, 0.2) is 6.20 Å². The number of aromatic nitrogens is 2. The van der Waals surface area contributed by atoms with E-state index in [1.54, 1.807) is 0 Å². The van der Waals surface area contributed by atoms with E-state index in [2.05, 4.69) is 9.97 Å². The smallest absolute Gasteiger partial charge is 0.288 e. The Hall–Kier alpha value is -1.40. The highest BCUT2D eigenvalue weighted by Gasteiger charge is 2.57. The molecule has 3 fully saturated rings. The maximum atomic E-state index is 13.7. The molecule has 7 heteroatoms. The third kappa shape index (κ3) is 2.68. The molecule has 1 aromatic rings. The Labute approximate surface area is 132 Å². The van der Waals surface area contributed by atoms with Crippen LogP contribution in [0.5, 0.6) is 0 Å². The summed E-state index contributed by atoms with van der Waals surface area (Å²) in [6, 6.07) is 0. The predicted molar refractivity (Wildman–Crippen MR) is 77.1 cm³/mol. The molecule has 0 atom stereocenters. The van der Waals surface area contributed by atoms with Gasteiger partial charge in [-0.1, -0.05) is 0 Å². The maximum Gasteiger partial charge on any atom is 0.288 e. The third-order valence-corrected chi connectivity index (χ3v) is 5.13. The maximum absolute atomic E-state index is 13.7. The molecular weight excluding hydrogens is 310 g/mol. The molecule has 1 saturated heterocycles. The summed E-state index contributed by atoms with van der Waals surface area (Å²) in [5.41, 5.74) is -0.466. The lowest BCUT2D eigenvalue weighted by Crippen LogP contribution is -2.49. The minimum Gasteiger partial charge on any atom is -0.349 e. The number of nitrogens with zero attached hydrogens (tertiary/aromatic N) is 3. The molecular formula is C16H19F4N3. The molecule has 1 aliphatic heterocycles. The quantitative estimate of drug-likeness (QED) is 0.777. The van der Waals surface area contributed by atoms with Crippen molar-refractivity contribution in [2.45, 2.75) is 68.8 Å². The Morgan fingerprint density at radius 3 is 2.48 bits per heavy atom. The van der Waals surface area contributed by atoms with E-state index in [0.717, 1.165) is 19.8 Å². The van der Waals surface area contributed by atoms with Gasteiger partial charge < -0.3 is 4.90 Å². The minimum absolute atomic E-state index is 0.0321. The SMILES string of the molecule is CC(F)(F)c1ncc(N2CCC(F)(F)CC23CC3)nc1C1CC1. The first-order chi connectivity index (χ1) is 10.7. The van der Waals surface area contributed by atoms with E-state index in [-0.39, 0.29) is 31.0 Å². The molecule has 0 bridgehead atoms. The average molecular weight is 329 g/mol. The molecule has 2 saturated carbocycles. The summed E-state index contributed by atoms with van der Waals surface area (Å²) >= 11 is 0. The van der Waals surface area contributed by atoms with Gasteiger partial charge >= 0.3 is 0 Å². The second-order valence-corrected chi connectivity index (χ2v) is 7.28. The molecule has 126 valence electrons. The van der Waals surface area contributed by atoms with Gasteiger partial charge in [-0.15, -0.1) is 0 Å². The van der Waals surface area contributed by atoms with Gasteiger partial charge in [0.25, 0.3) is 11.8 Å². The molecule has 2 heterocycles. The Kier molecular flexibility index (Phi) is 3.01. The fourth-order valence-corrected chi connectivity index (χ4v) is 3.63. The second kappa shape index (κ2) is 4.57. The van der Waals surface area contributed by atoms with Gasteiger partial charge in [0.15, 0.2) is 0 Å². The highest BCUT2D eigenvalue weighted by molar-refractivity contribution is 5.47. The van der Waals surface area contributed by atoms with Crippen molar-refractivity contribution < 1.29 is 17.6 Å². The van der Waals surface area contributed by atoms with Crippen LogP contribution in [0.1, 0.15) is 62.8 Å². The van der Waals surface area contributed by atoms with Crippen LogP contribution in [0.3, 0.4) is 0 Å². The lowest BCUT2D eigenvalue weighted by atomic mass is 9.96. The highest BCUT2D eigenvalue weighted by Crippen LogP contribution is 2.54. The zero-order valence-electron chi connectivity index (χ0n) is 13.0. The van der Waals surface area contributed by atoms with Gasteiger partial charge in [0.1, 0.15) is 11.5 Å². The van der Waals surface area contributed by atoms with Crippen LogP contribution in [0, 0.1) is 0 Å². The van der Waals surface area contributed by atoms with Crippen molar-refractivity contribution in [2.75, 3.05) is 11.4 Å². The largest absolute Gasteiger partial charge is 0.349 e. The van der Waals surface area contributed by atoms with Gasteiger partial charge in [0.05, 0.1) is 11.9 Å². The van der Waals surface area contributed by atoms with Crippen LogP contribution in [-0.2, 0) is 5.92 Å². The first kappa shape index (κ1) is 15.1. The number of anilines is 1. The van der Waals surface area contributed by atoms with Gasteiger partial charge in [0, 0.05) is 37.8 Å². The fraction of sp³-hybridized carbons (Fsp3) is 0.750. The standard InChI is InChI=1S/C16H19F4N3/c1-14(17,18)13-12(10-2-3-10)22-11(8-21-13)23-7-6-16(19,20)9-15(23)4-5-15/h8,10H,2-7,9H2,1H3. The van der Waals surface area contributed by atoms with Crippen molar-refractivity contribution >= 4 is 5.82 Å². The number of rotatable bonds is 3. The number of alkyl halides is 4. The van der Waals surface area contributed by atoms with Gasteiger partial charge in [-0.05, 0) is 25.7 Å². The molecule has 0 N–H and O–H groups in total. The summed E-state index contributed by atoms with van der Waals surface area (Å²) in [5, 5.41) is 0. The van der Waals surface area contributed by atoms with Crippen molar-refractivity contribution in [3.8, 4) is 0 Å². The van der Waals surface area contributed by atoms with E-state index in [9.17, 15) is 17.6 Å². The molecule has 3 aliphatic rings. The lowest BCUT2D eigenvalue weighted by molar-refractivity contribution is -0.0375. The normalized spacial score (nSPS) is 25.7. The van der Waals surface area contributed by atoms with Crippen LogP contribution in [0.4, 0.5) is 23.4 Å². The summed E-state index contributed by atoms with van der Waals surface area (Å²) in [5.74, 6) is -5.16. The Morgan fingerprint density at radius 2 is 1.91 bits per heavy atom. The third-order valence-electron chi connectivity index (χ3n) is 5.13. The molecule has 0 radical (unpaired) electrons. The predicted octanol–water partition coefficient (Wildman–Crippen LogP) is 4.23. The number of hydrogen-bond donors (Lipinski definition) is 0. The van der Waals surface area contributed by atoms with E-state index in [1.165, 1.54) is 6.20 Å². The topological polar surface area (TPSA) is 29.0 Å². The van der Waals surface area contributed by atoms with E-state index in [0.29, 0.717) is 24.4 Å². The van der Waals surface area contributed by atoms with Crippen LogP contribution < -0.4 is 4.90 Å². The Morgan fingerprint density at radius 1 is 1.22 bits per heavy atom. The van der Waals surface area contributed by atoms with E-state index in [4.69, 9.17) is 0 Å². The molecule has 1 aromatic heterocycles. The van der Waals surface area contributed by atoms with Crippen LogP contribution in [-0.4, -0.2) is 28.0 Å². The van der Waals surface area contributed by atoms with Crippen molar-refractivity contribution in [1.82, 2.24) is 9.97 Å². The molecule has 0 amide bonds. The van der Waals surface area contributed by atoms with Crippen LogP contribution in [0.2, 0.25) is 0 Å². The summed E-state index contributed by atoms with van der Waals surface area (Å²) in [7, 11) is 0. The molecule has 2 aliphatic carbocycles. The van der Waals surface area contributed by atoms with Crippen LogP contribution in [0.25, 0.3) is 0 Å². The Balaban J connectivity index is 1.69. The molecule has 4 rings (SSSR count). The van der Waals surface area contributed by atoms with Crippen molar-refractivity contribution in [1.29, 1.82) is 0 Å². The second-order valence-electron chi connectivity index (χ2n) is 7.28. The van der Waals surface area contributed by atoms with Gasteiger partial charge in [-0.3, -0.25) is 0 Å². The number of halogens is 4. The van der Waals surface area contributed by atoms with Crippen molar-refractivity contribution in [3.63, 3.8) is 0 Å². The average Bonchev–Trinajstić information content (AvgIpc) is 3.32. The minimum atomic E-state index is -3.03. The summed E-state index contributed by atoms with van der Waals surface area (Å²) in [6.07, 6.45) is 4.02. The zero-order chi connectivity index (χ0) is 16.5. The van der Waals surface area contributed by atoms with E-state index >= 15 is 0 Å². The van der Waals surface area contributed by atoms with Crippen LogP contribution >= 0.6 is 0 Å². The molecule has 1 spiro atoms. The Bertz CT molecular complexity index is 633.